The second-order valence-electron chi connectivity index (χ2n) is 5.46. The van der Waals surface area contributed by atoms with Crippen molar-refractivity contribution in [1.29, 1.82) is 0 Å². The number of amides is 2. The van der Waals surface area contributed by atoms with E-state index in [1.807, 2.05) is 6.92 Å². The molecule has 7 heteroatoms. The first-order valence-corrected chi connectivity index (χ1v) is 7.61. The van der Waals surface area contributed by atoms with Crippen molar-refractivity contribution in [2.75, 3.05) is 45.9 Å². The first-order valence-electron chi connectivity index (χ1n) is 7.61. The number of carbonyl (C=O) groups excluding carboxylic acids is 1. The number of carboxylic acid groups (broad SMARTS) is 1. The molecule has 0 bridgehead atoms. The van der Waals surface area contributed by atoms with Crippen molar-refractivity contribution < 1.29 is 19.4 Å². The number of carbonyl (C=O) groups is 2. The molecular formula is C14H27N3O4. The number of nitrogens with zero attached hydrogens (tertiary/aromatic N) is 1. The standard InChI is InChI=1S/C14H27N3O4/c1-12(2-3-13(18)19)4-5-15-14(20)16-6-7-17-8-10-21-11-9-17/h12H,2-11H2,1H3,(H,18,19)(H2,15,16,20). The molecule has 1 saturated heterocycles. The SMILES string of the molecule is CC(CCNC(=O)NCCN1CCOCC1)CCC(=O)O. The van der Waals surface area contributed by atoms with E-state index in [4.69, 9.17) is 9.84 Å². The van der Waals surface area contributed by atoms with Gasteiger partial charge in [-0.15, -0.1) is 0 Å². The Morgan fingerprint density at radius 3 is 2.52 bits per heavy atom. The van der Waals surface area contributed by atoms with Gasteiger partial charge in [-0.05, 0) is 18.8 Å². The second kappa shape index (κ2) is 10.4. The minimum Gasteiger partial charge on any atom is -0.481 e. The minimum absolute atomic E-state index is 0.159. The lowest BCUT2D eigenvalue weighted by Crippen LogP contribution is -2.44. The summed E-state index contributed by atoms with van der Waals surface area (Å²) < 4.78 is 5.26. The fourth-order valence-electron chi connectivity index (χ4n) is 2.16. The van der Waals surface area contributed by atoms with Crippen LogP contribution in [0.1, 0.15) is 26.2 Å². The molecule has 0 radical (unpaired) electrons. The zero-order valence-electron chi connectivity index (χ0n) is 12.8. The van der Waals surface area contributed by atoms with Gasteiger partial charge < -0.3 is 20.5 Å². The normalized spacial score (nSPS) is 17.2. The van der Waals surface area contributed by atoms with Crippen LogP contribution in [0.2, 0.25) is 0 Å². The first kappa shape index (κ1) is 17.7. The van der Waals surface area contributed by atoms with E-state index in [-0.39, 0.29) is 12.5 Å². The van der Waals surface area contributed by atoms with Gasteiger partial charge in [0.15, 0.2) is 0 Å². The third kappa shape index (κ3) is 9.25. The minimum atomic E-state index is -0.768. The lowest BCUT2D eigenvalue weighted by molar-refractivity contribution is -0.137. The highest BCUT2D eigenvalue weighted by atomic mass is 16.5. The van der Waals surface area contributed by atoms with Gasteiger partial charge >= 0.3 is 12.0 Å². The molecule has 1 rings (SSSR count). The molecule has 0 aromatic carbocycles. The number of carboxylic acids is 1. The van der Waals surface area contributed by atoms with Crippen molar-refractivity contribution >= 4 is 12.0 Å². The van der Waals surface area contributed by atoms with Crippen molar-refractivity contribution in [3.8, 4) is 0 Å². The third-order valence-electron chi connectivity index (χ3n) is 3.59. The molecular weight excluding hydrogens is 274 g/mol. The van der Waals surface area contributed by atoms with E-state index in [1.54, 1.807) is 0 Å². The van der Waals surface area contributed by atoms with Crippen LogP contribution < -0.4 is 10.6 Å². The number of ether oxygens (including phenoxy) is 1. The van der Waals surface area contributed by atoms with Crippen LogP contribution in [0.25, 0.3) is 0 Å². The zero-order chi connectivity index (χ0) is 15.5. The summed E-state index contributed by atoms with van der Waals surface area (Å²) in [6.07, 6.45) is 1.63. The molecule has 1 heterocycles. The van der Waals surface area contributed by atoms with Crippen molar-refractivity contribution in [2.24, 2.45) is 5.92 Å². The molecule has 21 heavy (non-hydrogen) atoms. The maximum Gasteiger partial charge on any atom is 0.314 e. The second-order valence-corrected chi connectivity index (χ2v) is 5.46. The fraction of sp³-hybridized carbons (Fsp3) is 0.857. The Hall–Kier alpha value is -1.34. The number of urea groups is 1. The third-order valence-corrected chi connectivity index (χ3v) is 3.59. The maximum absolute atomic E-state index is 11.6. The summed E-state index contributed by atoms with van der Waals surface area (Å²) in [6.45, 7) is 7.41. The average molecular weight is 301 g/mol. The van der Waals surface area contributed by atoms with Gasteiger partial charge in [-0.2, -0.15) is 0 Å². The van der Waals surface area contributed by atoms with Crippen LogP contribution in [0, 0.1) is 5.92 Å². The van der Waals surface area contributed by atoms with Crippen LogP contribution in [0.3, 0.4) is 0 Å². The molecule has 0 saturated carbocycles. The molecule has 0 aromatic heterocycles. The van der Waals surface area contributed by atoms with Gasteiger partial charge in [0.2, 0.25) is 0 Å². The Morgan fingerprint density at radius 1 is 1.19 bits per heavy atom. The van der Waals surface area contributed by atoms with Gasteiger partial charge in [0.1, 0.15) is 0 Å². The Labute approximate surface area is 126 Å². The van der Waals surface area contributed by atoms with Crippen LogP contribution in [0.15, 0.2) is 0 Å². The molecule has 3 N–H and O–H groups in total. The smallest absolute Gasteiger partial charge is 0.314 e. The Balaban J connectivity index is 1.96. The number of rotatable bonds is 9. The highest BCUT2D eigenvalue weighted by Crippen LogP contribution is 2.08. The maximum atomic E-state index is 11.6. The molecule has 0 aromatic rings. The molecule has 0 aliphatic carbocycles. The van der Waals surface area contributed by atoms with Crippen molar-refractivity contribution in [3.63, 3.8) is 0 Å². The molecule has 1 unspecified atom stereocenters. The lowest BCUT2D eigenvalue weighted by atomic mass is 10.0. The summed E-state index contributed by atoms with van der Waals surface area (Å²) in [5, 5.41) is 14.2. The summed E-state index contributed by atoms with van der Waals surface area (Å²) in [5.41, 5.74) is 0. The van der Waals surface area contributed by atoms with Crippen LogP contribution >= 0.6 is 0 Å². The summed E-state index contributed by atoms with van der Waals surface area (Å²) in [7, 11) is 0. The molecule has 2 amide bonds. The summed E-state index contributed by atoms with van der Waals surface area (Å²) in [4.78, 5) is 24.3. The largest absolute Gasteiger partial charge is 0.481 e. The fourth-order valence-corrected chi connectivity index (χ4v) is 2.16. The predicted octanol–water partition coefficient (Wildman–Crippen LogP) is 0.509. The van der Waals surface area contributed by atoms with E-state index in [0.717, 1.165) is 39.3 Å². The lowest BCUT2D eigenvalue weighted by Gasteiger charge is -2.26. The number of hydrogen-bond acceptors (Lipinski definition) is 4. The molecule has 1 aliphatic rings. The summed E-state index contributed by atoms with van der Waals surface area (Å²) in [5.74, 6) is -0.467. The van der Waals surface area contributed by atoms with Crippen molar-refractivity contribution in [3.05, 3.63) is 0 Å². The van der Waals surface area contributed by atoms with Gasteiger partial charge in [0.05, 0.1) is 13.2 Å². The van der Waals surface area contributed by atoms with Crippen LogP contribution in [-0.4, -0.2) is 67.9 Å². The molecule has 122 valence electrons. The van der Waals surface area contributed by atoms with Gasteiger partial charge in [0.25, 0.3) is 0 Å². The monoisotopic (exact) mass is 301 g/mol. The van der Waals surface area contributed by atoms with Gasteiger partial charge in [-0.1, -0.05) is 6.92 Å². The van der Waals surface area contributed by atoms with Gasteiger partial charge in [-0.3, -0.25) is 9.69 Å². The number of hydrogen-bond donors (Lipinski definition) is 3. The van der Waals surface area contributed by atoms with E-state index in [1.165, 1.54) is 0 Å². The molecule has 1 atom stereocenters. The van der Waals surface area contributed by atoms with Crippen LogP contribution in [-0.2, 0) is 9.53 Å². The topological polar surface area (TPSA) is 90.9 Å². The number of aliphatic carboxylic acids is 1. The van der Waals surface area contributed by atoms with Gasteiger partial charge in [-0.25, -0.2) is 4.79 Å². The summed E-state index contributed by atoms with van der Waals surface area (Å²) >= 11 is 0. The number of morpholine rings is 1. The Kier molecular flexibility index (Phi) is 8.77. The van der Waals surface area contributed by atoms with E-state index in [2.05, 4.69) is 15.5 Å². The van der Waals surface area contributed by atoms with Gasteiger partial charge in [0, 0.05) is 39.1 Å². The van der Waals surface area contributed by atoms with Crippen LogP contribution in [0.4, 0.5) is 4.79 Å². The number of nitrogens with one attached hydrogen (secondary N) is 2. The Bertz CT molecular complexity index is 319. The predicted molar refractivity (Wildman–Crippen MR) is 79.3 cm³/mol. The molecule has 1 fully saturated rings. The van der Waals surface area contributed by atoms with Crippen LogP contribution in [0.5, 0.6) is 0 Å². The van der Waals surface area contributed by atoms with Crippen molar-refractivity contribution in [2.45, 2.75) is 26.2 Å². The quantitative estimate of drug-likeness (QED) is 0.577. The van der Waals surface area contributed by atoms with E-state index in [0.29, 0.717) is 25.4 Å². The molecule has 1 aliphatic heterocycles. The van der Waals surface area contributed by atoms with E-state index in [9.17, 15) is 9.59 Å². The Morgan fingerprint density at radius 2 is 1.86 bits per heavy atom. The molecule has 7 nitrogen and oxygen atoms in total. The highest BCUT2D eigenvalue weighted by Gasteiger charge is 2.10. The summed E-state index contributed by atoms with van der Waals surface area (Å²) in [6, 6.07) is -0.159. The highest BCUT2D eigenvalue weighted by molar-refractivity contribution is 5.73. The van der Waals surface area contributed by atoms with E-state index < -0.39 is 5.97 Å². The zero-order valence-corrected chi connectivity index (χ0v) is 12.8. The van der Waals surface area contributed by atoms with Crippen molar-refractivity contribution in [1.82, 2.24) is 15.5 Å². The molecule has 0 spiro atoms. The average Bonchev–Trinajstić information content (AvgIpc) is 2.46. The first-order chi connectivity index (χ1) is 10.1. The van der Waals surface area contributed by atoms with E-state index >= 15 is 0 Å².